The predicted octanol–water partition coefficient (Wildman–Crippen LogP) is 15.5. The number of hydrogen-bond acceptors (Lipinski definition) is 0. The van der Waals surface area contributed by atoms with Gasteiger partial charge in [-0.25, -0.2) is 0 Å². The van der Waals surface area contributed by atoms with E-state index in [-0.39, 0.29) is 5.41 Å². The van der Waals surface area contributed by atoms with E-state index in [0.29, 0.717) is 0 Å². The third-order valence-electron chi connectivity index (χ3n) is 17.8. The molecule has 0 amide bonds. The van der Waals surface area contributed by atoms with Crippen LogP contribution in [0, 0.1) is 0 Å². The summed E-state index contributed by atoms with van der Waals surface area (Å²) >= 11 is 0. The fraction of sp³-hybridized carbons (Fsp3) is 0.221. The lowest BCUT2D eigenvalue weighted by Gasteiger charge is -2.34. The molecule has 0 nitrogen and oxygen atoms in total. The maximum Gasteiger partial charge on any atom is 0.179 e. The molecule has 0 spiro atoms. The summed E-state index contributed by atoms with van der Waals surface area (Å²) in [5.74, 6) is 0. The van der Waals surface area contributed by atoms with Crippen LogP contribution in [0.25, 0.3) is 33.4 Å². The predicted molar refractivity (Wildman–Crippen MR) is 347 cm³/mol. The van der Waals surface area contributed by atoms with Gasteiger partial charge in [0, 0.05) is 5.41 Å². The molecule has 0 saturated carbocycles. The topological polar surface area (TPSA) is 0 Å². The summed E-state index contributed by atoms with van der Waals surface area (Å²) < 4.78 is 0. The maximum atomic E-state index is 2.64. The zero-order valence-electron chi connectivity index (χ0n) is 46.8. The average molecular weight is 1060 g/mol. The number of fused-ring (bicyclic) bond motifs is 3. The van der Waals surface area contributed by atoms with E-state index in [1.807, 2.05) is 0 Å². The SMILES string of the molecule is CCCCCCCCC1(CCCCCCCC)c2cc(-c3ccc([Si](c4ccccc4)(c4ccccc4)c4ccccc4)cc3)ccc2-c2ccc(-c3ccc([Si](c4ccccc4)(c4ccccc4)c4ccccc4)cc3)cc21. The monoisotopic (exact) mass is 1060 g/mol. The van der Waals surface area contributed by atoms with Crippen molar-refractivity contribution in [1.82, 2.24) is 0 Å². The first-order valence-corrected chi connectivity index (χ1v) is 34.0. The van der Waals surface area contributed by atoms with E-state index in [1.165, 1.54) is 165 Å². The lowest BCUT2D eigenvalue weighted by molar-refractivity contribution is 0.398. The second-order valence-electron chi connectivity index (χ2n) is 22.5. The van der Waals surface area contributed by atoms with Crippen LogP contribution in [0.4, 0.5) is 0 Å². The number of unbranched alkanes of at least 4 members (excludes halogenated alkanes) is 10. The zero-order chi connectivity index (χ0) is 53.7. The van der Waals surface area contributed by atoms with Crippen molar-refractivity contribution in [2.75, 3.05) is 0 Å². The molecule has 0 aliphatic heterocycles. The smallest absolute Gasteiger partial charge is 0.0654 e. The van der Waals surface area contributed by atoms with Crippen molar-refractivity contribution >= 4 is 57.6 Å². The molecular weight excluding hydrogens is 981 g/mol. The Morgan fingerprint density at radius 3 is 0.759 bits per heavy atom. The molecular formula is C77H78Si2. The summed E-state index contributed by atoms with van der Waals surface area (Å²) in [5.41, 5.74) is 11.1. The van der Waals surface area contributed by atoms with Gasteiger partial charge in [-0.1, -0.05) is 346 Å². The third kappa shape index (κ3) is 10.7. The van der Waals surface area contributed by atoms with Crippen molar-refractivity contribution in [2.24, 2.45) is 0 Å². The lowest BCUT2D eigenvalue weighted by Crippen LogP contribution is -2.74. The number of rotatable bonds is 24. The first-order chi connectivity index (χ1) is 39.1. The van der Waals surface area contributed by atoms with Gasteiger partial charge in [0.25, 0.3) is 0 Å². The second kappa shape index (κ2) is 25.2. The molecule has 1 aliphatic carbocycles. The van der Waals surface area contributed by atoms with E-state index in [2.05, 4.69) is 281 Å². The van der Waals surface area contributed by atoms with E-state index < -0.39 is 16.1 Å². The van der Waals surface area contributed by atoms with Crippen LogP contribution in [-0.4, -0.2) is 16.1 Å². The minimum absolute atomic E-state index is 0.0714. The molecule has 1 aliphatic rings. The van der Waals surface area contributed by atoms with Gasteiger partial charge in [-0.15, -0.1) is 0 Å². The lowest BCUT2D eigenvalue weighted by atomic mass is 9.70. The summed E-state index contributed by atoms with van der Waals surface area (Å²) in [6, 6.07) is 103. The van der Waals surface area contributed by atoms with E-state index in [0.717, 1.165) is 0 Å². The molecule has 2 heteroatoms. The molecule has 0 heterocycles. The highest BCUT2D eigenvalue weighted by atomic mass is 28.3. The fourth-order valence-corrected chi connectivity index (χ4v) is 23.4. The first-order valence-electron chi connectivity index (χ1n) is 30.0. The van der Waals surface area contributed by atoms with Gasteiger partial charge in [-0.3, -0.25) is 0 Å². The molecule has 10 aromatic rings. The van der Waals surface area contributed by atoms with Crippen LogP contribution in [0.5, 0.6) is 0 Å². The summed E-state index contributed by atoms with van der Waals surface area (Å²) in [4.78, 5) is 0. The van der Waals surface area contributed by atoms with Crippen molar-refractivity contribution in [3.63, 3.8) is 0 Å². The minimum Gasteiger partial charge on any atom is -0.0654 e. The first kappa shape index (κ1) is 53.6. The molecule has 0 atom stereocenters. The highest BCUT2D eigenvalue weighted by Crippen LogP contribution is 2.56. The molecule has 0 fully saturated rings. The quantitative estimate of drug-likeness (QED) is 0.0321. The number of benzene rings is 10. The summed E-state index contributed by atoms with van der Waals surface area (Å²) in [5, 5.41) is 11.2. The standard InChI is InChI=1S/C77H78Si2/c1-3-5-7-9-11-31-57-77(58-32-12-10-8-6-4-2)75-59-63(61-45-51-71(52-46-61)78(65-33-19-13-20-34-65,66-35-21-14-22-36-66)67-37-23-15-24-38-67)49-55-73(75)74-56-50-64(60-76(74)77)62-47-53-72(54-48-62)79(68-39-25-16-26-40-68,69-41-27-17-28-42-69)70-43-29-18-30-44-70/h13-30,33-56,59-60H,3-12,31-32,57-58H2,1-2H3. The van der Waals surface area contributed by atoms with E-state index in [4.69, 9.17) is 0 Å². The van der Waals surface area contributed by atoms with Crippen LogP contribution >= 0.6 is 0 Å². The van der Waals surface area contributed by atoms with Gasteiger partial charge >= 0.3 is 0 Å². The Balaban J connectivity index is 1.01. The molecule has 79 heavy (non-hydrogen) atoms. The maximum absolute atomic E-state index is 2.65. The van der Waals surface area contributed by atoms with Crippen LogP contribution in [-0.2, 0) is 5.41 Å². The van der Waals surface area contributed by atoms with Gasteiger partial charge in [-0.2, -0.15) is 0 Å². The Kier molecular flexibility index (Phi) is 17.1. The van der Waals surface area contributed by atoms with Crippen LogP contribution in [0.1, 0.15) is 115 Å². The molecule has 0 unspecified atom stereocenters. The zero-order valence-corrected chi connectivity index (χ0v) is 48.8. The molecule has 0 radical (unpaired) electrons. The Labute approximate surface area is 475 Å². The van der Waals surface area contributed by atoms with Crippen molar-refractivity contribution in [3.05, 3.63) is 278 Å². The second-order valence-corrected chi connectivity index (χ2v) is 30.1. The van der Waals surface area contributed by atoms with Gasteiger partial charge in [0.2, 0.25) is 0 Å². The molecule has 0 N–H and O–H groups in total. The number of hydrogen-bond donors (Lipinski definition) is 0. The molecule has 10 aromatic carbocycles. The highest BCUT2D eigenvalue weighted by Gasteiger charge is 2.45. The molecule has 0 saturated heterocycles. The van der Waals surface area contributed by atoms with Gasteiger partial charge in [-0.05, 0) is 111 Å². The van der Waals surface area contributed by atoms with Crippen LogP contribution in [0.3, 0.4) is 0 Å². The Hall–Kier alpha value is -7.37. The Morgan fingerprint density at radius 2 is 0.481 bits per heavy atom. The minimum atomic E-state index is -2.65. The third-order valence-corrected chi connectivity index (χ3v) is 27.4. The summed E-state index contributed by atoms with van der Waals surface area (Å²) in [6.45, 7) is 4.67. The largest absolute Gasteiger partial charge is 0.179 e. The Morgan fingerprint density at radius 1 is 0.241 bits per heavy atom. The molecule has 394 valence electrons. The van der Waals surface area contributed by atoms with Crippen molar-refractivity contribution in [2.45, 2.75) is 109 Å². The highest BCUT2D eigenvalue weighted by molar-refractivity contribution is 7.20. The van der Waals surface area contributed by atoms with Crippen LogP contribution in [0.15, 0.2) is 267 Å². The van der Waals surface area contributed by atoms with Crippen molar-refractivity contribution in [1.29, 1.82) is 0 Å². The van der Waals surface area contributed by atoms with Gasteiger partial charge < -0.3 is 0 Å². The van der Waals surface area contributed by atoms with Gasteiger partial charge in [0.05, 0.1) is 0 Å². The fourth-order valence-electron chi connectivity index (χ4n) is 13.9. The van der Waals surface area contributed by atoms with Gasteiger partial charge in [0.15, 0.2) is 16.1 Å². The van der Waals surface area contributed by atoms with E-state index in [1.54, 1.807) is 11.1 Å². The van der Waals surface area contributed by atoms with Crippen LogP contribution in [0.2, 0.25) is 0 Å². The van der Waals surface area contributed by atoms with E-state index in [9.17, 15) is 0 Å². The normalized spacial score (nSPS) is 12.7. The molecule has 11 rings (SSSR count). The van der Waals surface area contributed by atoms with Crippen molar-refractivity contribution in [3.8, 4) is 33.4 Å². The van der Waals surface area contributed by atoms with Gasteiger partial charge in [0.1, 0.15) is 0 Å². The Bertz CT molecular complexity index is 3050. The molecule has 0 bridgehead atoms. The summed E-state index contributed by atoms with van der Waals surface area (Å²) in [7, 11) is -5.31. The van der Waals surface area contributed by atoms with E-state index >= 15 is 0 Å². The summed E-state index contributed by atoms with van der Waals surface area (Å²) in [6.07, 6.45) is 17.9. The van der Waals surface area contributed by atoms with Crippen molar-refractivity contribution < 1.29 is 0 Å². The average Bonchev–Trinajstić information content (AvgIpc) is 4.09. The molecule has 0 aromatic heterocycles. The van der Waals surface area contributed by atoms with Crippen LogP contribution < -0.4 is 41.5 Å².